The molecule has 1 fully saturated rings. The summed E-state index contributed by atoms with van der Waals surface area (Å²) >= 11 is 6.04. The average Bonchev–Trinajstić information content (AvgIpc) is 3.05. The van der Waals surface area contributed by atoms with Gasteiger partial charge in [-0.3, -0.25) is 4.99 Å². The summed E-state index contributed by atoms with van der Waals surface area (Å²) < 4.78 is 0. The molecule has 1 aromatic carbocycles. The van der Waals surface area contributed by atoms with E-state index in [1.165, 1.54) is 18.4 Å². The van der Waals surface area contributed by atoms with Crippen molar-refractivity contribution in [3.63, 3.8) is 0 Å². The molecule has 0 amide bonds. The lowest BCUT2D eigenvalue weighted by atomic mass is 10.1. The van der Waals surface area contributed by atoms with Crippen LogP contribution in [0.1, 0.15) is 31.2 Å². The van der Waals surface area contributed by atoms with Crippen molar-refractivity contribution in [3.8, 4) is 5.75 Å². The summed E-state index contributed by atoms with van der Waals surface area (Å²) in [6, 6.07) is 5.92. The van der Waals surface area contributed by atoms with Crippen molar-refractivity contribution in [2.24, 2.45) is 4.99 Å². The molecule has 1 heterocycles. The van der Waals surface area contributed by atoms with Crippen molar-refractivity contribution in [3.05, 3.63) is 28.8 Å². The van der Waals surface area contributed by atoms with Crippen molar-refractivity contribution < 1.29 is 4.84 Å². The van der Waals surface area contributed by atoms with E-state index in [1.54, 1.807) is 0 Å². The Balaban J connectivity index is 1.85. The molecule has 0 N–H and O–H groups in total. The van der Waals surface area contributed by atoms with Crippen LogP contribution in [0, 0.1) is 0 Å². The van der Waals surface area contributed by atoms with Crippen LogP contribution in [0.5, 0.6) is 5.75 Å². The predicted octanol–water partition coefficient (Wildman–Crippen LogP) is 3.25. The summed E-state index contributed by atoms with van der Waals surface area (Å²) in [4.78, 5) is 10.2. The number of aliphatic imine (C=N–C) groups is 1. The summed E-state index contributed by atoms with van der Waals surface area (Å²) in [5, 5.41) is 2.57. The highest BCUT2D eigenvalue weighted by molar-refractivity contribution is 6.30. The molecule has 1 aliphatic heterocycles. The van der Waals surface area contributed by atoms with E-state index >= 15 is 0 Å². The van der Waals surface area contributed by atoms with Gasteiger partial charge in [0.05, 0.1) is 13.1 Å². The van der Waals surface area contributed by atoms with Gasteiger partial charge in [0.25, 0.3) is 0 Å². The molecule has 0 radical (unpaired) electrons. The first-order valence-corrected chi connectivity index (χ1v) is 6.38. The van der Waals surface area contributed by atoms with Crippen LogP contribution in [0.25, 0.3) is 0 Å². The maximum absolute atomic E-state index is 6.04. The van der Waals surface area contributed by atoms with Crippen molar-refractivity contribution in [2.45, 2.75) is 25.7 Å². The topological polar surface area (TPSA) is 24.8 Å². The standard InChI is InChI=1S/C13H15ClN2O/c1-9-15-6-7-16(9)17-13-8-11(14)4-5-12(13)10-2-3-10/h4-5,8,10H,2-3,6-7H2,1H3. The summed E-state index contributed by atoms with van der Waals surface area (Å²) in [7, 11) is 0. The lowest BCUT2D eigenvalue weighted by Gasteiger charge is -2.20. The van der Waals surface area contributed by atoms with E-state index in [0.717, 1.165) is 29.7 Å². The molecule has 0 aromatic heterocycles. The van der Waals surface area contributed by atoms with Crippen molar-refractivity contribution in [1.82, 2.24) is 5.06 Å². The Morgan fingerprint density at radius 1 is 1.41 bits per heavy atom. The smallest absolute Gasteiger partial charge is 0.160 e. The number of benzene rings is 1. The molecule has 0 spiro atoms. The summed E-state index contributed by atoms with van der Waals surface area (Å²) in [6.07, 6.45) is 2.51. The molecular weight excluding hydrogens is 236 g/mol. The third-order valence-electron chi connectivity index (χ3n) is 3.21. The molecular formula is C13H15ClN2O. The summed E-state index contributed by atoms with van der Waals surface area (Å²) in [5.41, 5.74) is 1.27. The number of hydrogen-bond acceptors (Lipinski definition) is 3. The highest BCUT2D eigenvalue weighted by Gasteiger charge is 2.28. The number of hydrogen-bond donors (Lipinski definition) is 0. The Hall–Kier alpha value is -1.22. The molecule has 4 heteroatoms. The quantitative estimate of drug-likeness (QED) is 0.823. The zero-order valence-corrected chi connectivity index (χ0v) is 10.6. The van der Waals surface area contributed by atoms with Crippen LogP contribution >= 0.6 is 11.6 Å². The SMILES string of the molecule is CC1=NCCN1Oc1cc(Cl)ccc1C1CC1. The molecule has 0 saturated heterocycles. The maximum atomic E-state index is 6.04. The molecule has 0 bridgehead atoms. The molecule has 2 aliphatic rings. The van der Waals surface area contributed by atoms with E-state index in [4.69, 9.17) is 16.4 Å². The number of halogens is 1. The second kappa shape index (κ2) is 4.22. The fraction of sp³-hybridized carbons (Fsp3) is 0.462. The minimum atomic E-state index is 0.655. The van der Waals surface area contributed by atoms with Crippen LogP contribution in [0.2, 0.25) is 5.02 Å². The number of nitrogens with zero attached hydrogens (tertiary/aromatic N) is 2. The Kier molecular flexibility index (Phi) is 2.71. The van der Waals surface area contributed by atoms with E-state index in [0.29, 0.717) is 5.92 Å². The Bertz CT molecular complexity index is 468. The summed E-state index contributed by atoms with van der Waals surface area (Å²) in [5.74, 6) is 2.48. The minimum Gasteiger partial charge on any atom is -0.378 e. The van der Waals surface area contributed by atoms with E-state index in [2.05, 4.69) is 11.1 Å². The Morgan fingerprint density at radius 2 is 2.24 bits per heavy atom. The van der Waals surface area contributed by atoms with Crippen LogP contribution in [-0.2, 0) is 0 Å². The van der Waals surface area contributed by atoms with Gasteiger partial charge in [-0.1, -0.05) is 17.7 Å². The van der Waals surface area contributed by atoms with Gasteiger partial charge in [0.15, 0.2) is 5.75 Å². The van der Waals surface area contributed by atoms with Crippen LogP contribution in [-0.4, -0.2) is 24.0 Å². The zero-order chi connectivity index (χ0) is 11.8. The second-order valence-electron chi connectivity index (χ2n) is 4.58. The van der Waals surface area contributed by atoms with Gasteiger partial charge in [0, 0.05) is 16.7 Å². The average molecular weight is 251 g/mol. The van der Waals surface area contributed by atoms with E-state index in [1.807, 2.05) is 24.1 Å². The van der Waals surface area contributed by atoms with Gasteiger partial charge in [-0.05, 0) is 31.7 Å². The Labute approximate surface area is 106 Å². The van der Waals surface area contributed by atoms with E-state index < -0.39 is 0 Å². The molecule has 3 rings (SSSR count). The molecule has 0 unspecified atom stereocenters. The van der Waals surface area contributed by atoms with Gasteiger partial charge >= 0.3 is 0 Å². The Morgan fingerprint density at radius 3 is 2.88 bits per heavy atom. The molecule has 1 aliphatic carbocycles. The first-order chi connectivity index (χ1) is 8.24. The van der Waals surface area contributed by atoms with E-state index in [9.17, 15) is 0 Å². The third kappa shape index (κ3) is 2.25. The van der Waals surface area contributed by atoms with Crippen LogP contribution in [0.4, 0.5) is 0 Å². The summed E-state index contributed by atoms with van der Waals surface area (Å²) in [6.45, 7) is 3.60. The fourth-order valence-corrected chi connectivity index (χ4v) is 2.25. The highest BCUT2D eigenvalue weighted by atomic mass is 35.5. The van der Waals surface area contributed by atoms with E-state index in [-0.39, 0.29) is 0 Å². The largest absolute Gasteiger partial charge is 0.378 e. The highest BCUT2D eigenvalue weighted by Crippen LogP contribution is 2.45. The first-order valence-electron chi connectivity index (χ1n) is 6.00. The number of rotatable bonds is 3. The molecule has 17 heavy (non-hydrogen) atoms. The van der Waals surface area contributed by atoms with Crippen molar-refractivity contribution in [2.75, 3.05) is 13.1 Å². The maximum Gasteiger partial charge on any atom is 0.160 e. The van der Waals surface area contributed by atoms with Crippen LogP contribution in [0.15, 0.2) is 23.2 Å². The lowest BCUT2D eigenvalue weighted by molar-refractivity contribution is 0.0293. The van der Waals surface area contributed by atoms with Gasteiger partial charge < -0.3 is 4.84 Å². The first kappa shape index (κ1) is 10.9. The number of amidine groups is 1. The van der Waals surface area contributed by atoms with Crippen LogP contribution in [0.3, 0.4) is 0 Å². The normalized spacial score (nSPS) is 19.4. The number of hydroxylamine groups is 2. The fourth-order valence-electron chi connectivity index (χ4n) is 2.09. The van der Waals surface area contributed by atoms with Gasteiger partial charge in [-0.25, -0.2) is 0 Å². The zero-order valence-electron chi connectivity index (χ0n) is 9.82. The lowest BCUT2D eigenvalue weighted by Crippen LogP contribution is -2.29. The van der Waals surface area contributed by atoms with Gasteiger partial charge in [0.2, 0.25) is 0 Å². The van der Waals surface area contributed by atoms with Crippen LogP contribution < -0.4 is 4.84 Å². The molecule has 3 nitrogen and oxygen atoms in total. The molecule has 0 atom stereocenters. The van der Waals surface area contributed by atoms with Crippen molar-refractivity contribution in [1.29, 1.82) is 0 Å². The second-order valence-corrected chi connectivity index (χ2v) is 5.02. The van der Waals surface area contributed by atoms with Gasteiger partial charge in [0.1, 0.15) is 5.84 Å². The van der Waals surface area contributed by atoms with Gasteiger partial charge in [-0.2, -0.15) is 5.06 Å². The minimum absolute atomic E-state index is 0.655. The molecule has 90 valence electrons. The van der Waals surface area contributed by atoms with Crippen molar-refractivity contribution >= 4 is 17.4 Å². The molecule has 1 saturated carbocycles. The molecule has 1 aromatic rings. The van der Waals surface area contributed by atoms with Gasteiger partial charge in [-0.15, -0.1) is 0 Å². The predicted molar refractivity (Wildman–Crippen MR) is 68.7 cm³/mol. The third-order valence-corrected chi connectivity index (χ3v) is 3.44. The monoisotopic (exact) mass is 250 g/mol.